The van der Waals surface area contributed by atoms with Crippen LogP contribution in [-0.2, 0) is 0 Å². The van der Waals surface area contributed by atoms with Crippen LogP contribution in [0.15, 0.2) is 36.4 Å². The van der Waals surface area contributed by atoms with Crippen molar-refractivity contribution in [2.24, 2.45) is 0 Å². The molecule has 1 aliphatic rings. The number of ether oxygens (including phenoxy) is 4. The van der Waals surface area contributed by atoms with E-state index in [2.05, 4.69) is 0 Å². The van der Waals surface area contributed by atoms with Crippen molar-refractivity contribution in [2.45, 2.75) is 18.6 Å². The molecule has 0 unspecified atom stereocenters. The summed E-state index contributed by atoms with van der Waals surface area (Å²) in [6.45, 7) is 0.470. The van der Waals surface area contributed by atoms with Crippen LogP contribution in [0.2, 0.25) is 0 Å². The van der Waals surface area contributed by atoms with E-state index in [1.165, 1.54) is 25.2 Å². The van der Waals surface area contributed by atoms with E-state index in [-0.39, 0.29) is 29.5 Å². The van der Waals surface area contributed by atoms with Gasteiger partial charge in [0.15, 0.2) is 23.0 Å². The van der Waals surface area contributed by atoms with Crippen LogP contribution in [0.3, 0.4) is 0 Å². The topological polar surface area (TPSA) is 97.7 Å². The number of hydrogen-bond donors (Lipinski definition) is 2. The highest BCUT2D eigenvalue weighted by atomic mass is 16.5. The number of amides is 1. The predicted molar refractivity (Wildman–Crippen MR) is 105 cm³/mol. The summed E-state index contributed by atoms with van der Waals surface area (Å²) in [5.41, 5.74) is 0.135. The molecule has 1 heterocycles. The van der Waals surface area contributed by atoms with Gasteiger partial charge in [-0.3, -0.25) is 4.79 Å². The minimum atomic E-state index is -0.881. The normalized spacial score (nSPS) is 18.8. The number of benzene rings is 2. The van der Waals surface area contributed by atoms with Gasteiger partial charge in [0.1, 0.15) is 18.0 Å². The number of likely N-dealkylation sites (tertiary alicyclic amines) is 1. The number of aliphatic hydroxyl groups is 1. The molecule has 1 aliphatic heterocycles. The third kappa shape index (κ3) is 4.32. The number of methoxy groups -OCH3 is 3. The molecule has 1 saturated heterocycles. The second-order valence-corrected chi connectivity index (χ2v) is 6.64. The molecule has 1 amide bonds. The van der Waals surface area contributed by atoms with Crippen molar-refractivity contribution in [2.75, 3.05) is 34.4 Å². The zero-order valence-corrected chi connectivity index (χ0v) is 16.6. The van der Waals surface area contributed by atoms with Crippen LogP contribution in [0, 0.1) is 0 Å². The lowest BCUT2D eigenvalue weighted by molar-refractivity contribution is -0.0200. The third-order valence-electron chi connectivity index (χ3n) is 4.90. The smallest absolute Gasteiger partial charge is 0.257 e. The highest BCUT2D eigenvalue weighted by Crippen LogP contribution is 2.33. The van der Waals surface area contributed by atoms with Crippen LogP contribution in [0.1, 0.15) is 16.8 Å². The number of piperidine rings is 1. The highest BCUT2D eigenvalue weighted by molar-refractivity contribution is 5.97. The van der Waals surface area contributed by atoms with Gasteiger partial charge in [0.2, 0.25) is 0 Å². The second-order valence-electron chi connectivity index (χ2n) is 6.64. The summed E-state index contributed by atoms with van der Waals surface area (Å²) in [6, 6.07) is 9.89. The molecule has 0 bridgehead atoms. The maximum Gasteiger partial charge on any atom is 0.257 e. The highest BCUT2D eigenvalue weighted by Gasteiger charge is 2.33. The van der Waals surface area contributed by atoms with Gasteiger partial charge in [-0.25, -0.2) is 0 Å². The Morgan fingerprint density at radius 3 is 2.41 bits per heavy atom. The van der Waals surface area contributed by atoms with Crippen LogP contribution >= 0.6 is 0 Å². The molecule has 1 fully saturated rings. The quantitative estimate of drug-likeness (QED) is 0.762. The minimum Gasteiger partial charge on any atom is -0.504 e. The third-order valence-corrected chi connectivity index (χ3v) is 4.90. The maximum atomic E-state index is 12.8. The molecule has 0 aromatic heterocycles. The lowest BCUT2D eigenvalue weighted by atomic mass is 10.0. The van der Waals surface area contributed by atoms with Gasteiger partial charge in [-0.2, -0.15) is 0 Å². The summed E-state index contributed by atoms with van der Waals surface area (Å²) < 4.78 is 21.4. The van der Waals surface area contributed by atoms with E-state index in [0.717, 1.165) is 0 Å². The Morgan fingerprint density at radius 1 is 1.03 bits per heavy atom. The van der Waals surface area contributed by atoms with Gasteiger partial charge in [-0.1, -0.05) is 6.07 Å². The molecule has 2 aromatic rings. The molecule has 0 spiro atoms. The average molecular weight is 403 g/mol. The van der Waals surface area contributed by atoms with Crippen LogP contribution in [0.5, 0.6) is 28.7 Å². The van der Waals surface area contributed by atoms with Gasteiger partial charge in [-0.05, 0) is 24.3 Å². The Bertz CT molecular complexity index is 870. The molecule has 2 aromatic carbocycles. The van der Waals surface area contributed by atoms with E-state index in [9.17, 15) is 15.0 Å². The number of rotatable bonds is 6. The van der Waals surface area contributed by atoms with Crippen molar-refractivity contribution in [3.8, 4) is 28.7 Å². The van der Waals surface area contributed by atoms with Gasteiger partial charge in [-0.15, -0.1) is 0 Å². The van der Waals surface area contributed by atoms with E-state index in [4.69, 9.17) is 18.9 Å². The standard InChI is InChI=1S/C21H25NO7/c1-26-17-8-7-13(11-19(17)28-3)29-16-9-10-22(12-15(16)23)21(25)14-5-4-6-18(27-2)20(14)24/h4-8,11,15-16,23-24H,9-10,12H2,1-3H3/t15-,16-/m1/s1. The zero-order valence-electron chi connectivity index (χ0n) is 16.6. The van der Waals surface area contributed by atoms with Gasteiger partial charge < -0.3 is 34.1 Å². The molecule has 0 saturated carbocycles. The Morgan fingerprint density at radius 2 is 1.76 bits per heavy atom. The van der Waals surface area contributed by atoms with Crippen molar-refractivity contribution in [3.63, 3.8) is 0 Å². The second kappa shape index (κ2) is 8.91. The first-order valence-electron chi connectivity index (χ1n) is 9.20. The number of phenols is 1. The van der Waals surface area contributed by atoms with Crippen molar-refractivity contribution < 1.29 is 34.0 Å². The molecular formula is C21H25NO7. The average Bonchev–Trinajstić information content (AvgIpc) is 2.74. The number of para-hydroxylation sites is 1. The molecule has 2 N–H and O–H groups in total. The van der Waals surface area contributed by atoms with Crippen LogP contribution in [0.25, 0.3) is 0 Å². The fourth-order valence-corrected chi connectivity index (χ4v) is 3.33. The van der Waals surface area contributed by atoms with Crippen molar-refractivity contribution in [1.29, 1.82) is 0 Å². The van der Waals surface area contributed by atoms with Gasteiger partial charge >= 0.3 is 0 Å². The molecule has 8 heteroatoms. The largest absolute Gasteiger partial charge is 0.504 e. The van der Waals surface area contributed by atoms with E-state index in [1.807, 2.05) is 0 Å². The fraction of sp³-hybridized carbons (Fsp3) is 0.381. The van der Waals surface area contributed by atoms with Gasteiger partial charge in [0.05, 0.1) is 33.4 Å². The number of phenolic OH excluding ortho intramolecular Hbond substituents is 1. The van der Waals surface area contributed by atoms with E-state index < -0.39 is 12.2 Å². The number of β-amino-alcohol motifs (C(OH)–C–C–N with tert-alkyl or cyclic N) is 1. The molecule has 0 aliphatic carbocycles. The lowest BCUT2D eigenvalue weighted by Crippen LogP contribution is -2.51. The molecule has 3 rings (SSSR count). The molecule has 0 radical (unpaired) electrons. The lowest BCUT2D eigenvalue weighted by Gasteiger charge is -2.36. The fourth-order valence-electron chi connectivity index (χ4n) is 3.33. The summed E-state index contributed by atoms with van der Waals surface area (Å²) in [4.78, 5) is 14.3. The van der Waals surface area contributed by atoms with Crippen LogP contribution in [-0.4, -0.2) is 67.6 Å². The van der Waals surface area contributed by atoms with Crippen molar-refractivity contribution >= 4 is 5.91 Å². The maximum absolute atomic E-state index is 12.8. The molecular weight excluding hydrogens is 378 g/mol. The van der Waals surface area contributed by atoms with Crippen molar-refractivity contribution in [1.82, 2.24) is 4.90 Å². The number of nitrogens with zero attached hydrogens (tertiary/aromatic N) is 1. The Balaban J connectivity index is 1.67. The molecule has 2 atom stereocenters. The summed E-state index contributed by atoms with van der Waals surface area (Å²) in [7, 11) is 4.51. The number of aromatic hydroxyl groups is 1. The number of carbonyl (C=O) groups is 1. The Hall–Kier alpha value is -3.13. The van der Waals surface area contributed by atoms with Crippen molar-refractivity contribution in [3.05, 3.63) is 42.0 Å². The first-order chi connectivity index (χ1) is 14.0. The number of hydrogen-bond acceptors (Lipinski definition) is 7. The molecule has 156 valence electrons. The molecule has 8 nitrogen and oxygen atoms in total. The molecule has 29 heavy (non-hydrogen) atoms. The van der Waals surface area contributed by atoms with Crippen LogP contribution < -0.4 is 18.9 Å². The predicted octanol–water partition coefficient (Wildman–Crippen LogP) is 2.07. The monoisotopic (exact) mass is 403 g/mol. The Kier molecular flexibility index (Phi) is 6.33. The van der Waals surface area contributed by atoms with E-state index in [1.54, 1.807) is 37.4 Å². The van der Waals surface area contributed by atoms with E-state index >= 15 is 0 Å². The first kappa shape index (κ1) is 20.6. The van der Waals surface area contributed by atoms with Gasteiger partial charge in [0, 0.05) is 19.0 Å². The number of aliphatic hydroxyl groups excluding tert-OH is 1. The van der Waals surface area contributed by atoms with E-state index in [0.29, 0.717) is 30.2 Å². The Labute approximate surface area is 169 Å². The van der Waals surface area contributed by atoms with Crippen LogP contribution in [0.4, 0.5) is 0 Å². The SMILES string of the molecule is COc1ccc(O[C@@H]2CCN(C(=O)c3cccc(OC)c3O)C[C@H]2O)cc1OC. The summed E-state index contributed by atoms with van der Waals surface area (Å²) in [5, 5.41) is 20.7. The summed E-state index contributed by atoms with van der Waals surface area (Å²) >= 11 is 0. The summed E-state index contributed by atoms with van der Waals surface area (Å²) in [6.07, 6.45) is -0.920. The summed E-state index contributed by atoms with van der Waals surface area (Å²) in [5.74, 6) is 1.29. The first-order valence-corrected chi connectivity index (χ1v) is 9.20. The zero-order chi connectivity index (χ0) is 21.0. The van der Waals surface area contributed by atoms with Gasteiger partial charge in [0.25, 0.3) is 5.91 Å². The number of carbonyl (C=O) groups excluding carboxylic acids is 1. The minimum absolute atomic E-state index is 0.0907.